The molecular formula is C14H16BrNO4. The molecule has 2 rings (SSSR count). The highest BCUT2D eigenvalue weighted by Crippen LogP contribution is 2.26. The summed E-state index contributed by atoms with van der Waals surface area (Å²) in [5.41, 5.74) is 1.11. The highest BCUT2D eigenvalue weighted by Gasteiger charge is 2.32. The van der Waals surface area contributed by atoms with Gasteiger partial charge in [0.1, 0.15) is 5.75 Å². The number of halogens is 1. The van der Waals surface area contributed by atoms with E-state index >= 15 is 0 Å². The lowest BCUT2D eigenvalue weighted by Gasteiger charge is -2.38. The van der Waals surface area contributed by atoms with E-state index in [9.17, 15) is 9.59 Å². The molecule has 0 aromatic heterocycles. The number of carboxylic acids is 1. The fraction of sp³-hybridized carbons (Fsp3) is 0.429. The Kier molecular flexibility index (Phi) is 4.65. The minimum atomic E-state index is -0.818. The van der Waals surface area contributed by atoms with Gasteiger partial charge in [0, 0.05) is 19.0 Å². The van der Waals surface area contributed by atoms with Crippen molar-refractivity contribution < 1.29 is 19.4 Å². The normalized spacial score (nSPS) is 14.8. The Hall–Kier alpha value is -1.56. The number of carbonyl (C=O) groups excluding carboxylic acids is 1. The Labute approximate surface area is 125 Å². The van der Waals surface area contributed by atoms with Gasteiger partial charge in [-0.3, -0.25) is 9.59 Å². The zero-order chi connectivity index (χ0) is 14.7. The second-order valence-electron chi connectivity index (χ2n) is 4.99. The van der Waals surface area contributed by atoms with Gasteiger partial charge in [-0.05, 0) is 40.5 Å². The summed E-state index contributed by atoms with van der Waals surface area (Å²) >= 11 is 3.39. The largest absolute Gasteiger partial charge is 0.483 e. The first-order valence-corrected chi connectivity index (χ1v) is 7.13. The van der Waals surface area contributed by atoms with E-state index in [1.807, 2.05) is 25.1 Å². The molecule has 1 heterocycles. The van der Waals surface area contributed by atoms with Crippen LogP contribution in [0, 0.1) is 12.8 Å². The number of aryl methyl sites for hydroxylation is 1. The second-order valence-corrected chi connectivity index (χ2v) is 5.84. The molecule has 20 heavy (non-hydrogen) atoms. The molecule has 1 aromatic carbocycles. The summed E-state index contributed by atoms with van der Waals surface area (Å²) in [4.78, 5) is 24.0. The van der Waals surface area contributed by atoms with Crippen LogP contribution in [-0.4, -0.2) is 41.6 Å². The van der Waals surface area contributed by atoms with Crippen LogP contribution in [0.15, 0.2) is 22.7 Å². The van der Waals surface area contributed by atoms with Crippen molar-refractivity contribution in [3.05, 3.63) is 28.2 Å². The van der Waals surface area contributed by atoms with Gasteiger partial charge in [0.15, 0.2) is 6.61 Å². The summed E-state index contributed by atoms with van der Waals surface area (Å²) in [6.45, 7) is 2.96. The fourth-order valence-electron chi connectivity index (χ4n) is 2.10. The van der Waals surface area contributed by atoms with E-state index in [2.05, 4.69) is 15.9 Å². The summed E-state index contributed by atoms with van der Waals surface area (Å²) in [6, 6.07) is 5.65. The highest BCUT2D eigenvalue weighted by atomic mass is 79.9. The van der Waals surface area contributed by atoms with Crippen LogP contribution < -0.4 is 4.74 Å². The van der Waals surface area contributed by atoms with E-state index < -0.39 is 5.97 Å². The maximum absolute atomic E-state index is 11.8. The molecule has 0 spiro atoms. The summed E-state index contributed by atoms with van der Waals surface area (Å²) in [5.74, 6) is -0.227. The zero-order valence-corrected chi connectivity index (χ0v) is 12.7. The van der Waals surface area contributed by atoms with Crippen molar-refractivity contribution in [2.24, 2.45) is 5.92 Å². The average Bonchev–Trinajstić information content (AvgIpc) is 2.31. The molecule has 1 saturated heterocycles. The number of aliphatic carboxylic acids is 1. The van der Waals surface area contributed by atoms with Crippen molar-refractivity contribution in [2.45, 2.75) is 13.3 Å². The minimum Gasteiger partial charge on any atom is -0.483 e. The van der Waals surface area contributed by atoms with Crippen molar-refractivity contribution in [1.82, 2.24) is 4.90 Å². The van der Waals surface area contributed by atoms with Crippen LogP contribution in [0.25, 0.3) is 0 Å². The molecule has 108 valence electrons. The molecule has 0 aliphatic carbocycles. The third-order valence-corrected chi connectivity index (χ3v) is 3.83. The molecular weight excluding hydrogens is 326 g/mol. The van der Waals surface area contributed by atoms with Crippen molar-refractivity contribution >= 4 is 27.8 Å². The van der Waals surface area contributed by atoms with Gasteiger partial charge in [-0.1, -0.05) is 6.07 Å². The molecule has 1 amide bonds. The number of carboxylic acid groups (broad SMARTS) is 1. The van der Waals surface area contributed by atoms with E-state index in [-0.39, 0.29) is 24.9 Å². The highest BCUT2D eigenvalue weighted by molar-refractivity contribution is 9.10. The van der Waals surface area contributed by atoms with Gasteiger partial charge < -0.3 is 14.7 Å². The van der Waals surface area contributed by atoms with Crippen molar-refractivity contribution in [1.29, 1.82) is 0 Å². The van der Waals surface area contributed by atoms with Crippen LogP contribution in [0.4, 0.5) is 0 Å². The van der Waals surface area contributed by atoms with Crippen molar-refractivity contribution in [3.63, 3.8) is 0 Å². The first-order chi connectivity index (χ1) is 9.45. The Morgan fingerprint density at radius 3 is 2.75 bits per heavy atom. The van der Waals surface area contributed by atoms with Crippen LogP contribution in [0.1, 0.15) is 12.0 Å². The maximum Gasteiger partial charge on any atom is 0.303 e. The van der Waals surface area contributed by atoms with Gasteiger partial charge >= 0.3 is 5.97 Å². The lowest BCUT2D eigenvalue weighted by molar-refractivity contribution is -0.146. The van der Waals surface area contributed by atoms with Crippen molar-refractivity contribution in [3.8, 4) is 5.75 Å². The standard InChI is InChI=1S/C14H16BrNO4/c1-9-2-3-12(11(15)4-9)20-8-13(17)16-6-10(7-16)5-14(18)19/h2-4,10H,5-8H2,1H3,(H,18,19). The zero-order valence-electron chi connectivity index (χ0n) is 11.1. The quantitative estimate of drug-likeness (QED) is 0.890. The number of hydrogen-bond donors (Lipinski definition) is 1. The monoisotopic (exact) mass is 341 g/mol. The lowest BCUT2D eigenvalue weighted by atomic mass is 9.96. The van der Waals surface area contributed by atoms with Gasteiger partial charge in [-0.25, -0.2) is 0 Å². The predicted molar refractivity (Wildman–Crippen MR) is 76.7 cm³/mol. The SMILES string of the molecule is Cc1ccc(OCC(=O)N2CC(CC(=O)O)C2)c(Br)c1. The number of carbonyl (C=O) groups is 2. The summed E-state index contributed by atoms with van der Waals surface area (Å²) in [7, 11) is 0. The Bertz CT molecular complexity index is 526. The predicted octanol–water partition coefficient (Wildman–Crippen LogP) is 2.07. The molecule has 1 N–H and O–H groups in total. The lowest BCUT2D eigenvalue weighted by Crippen LogP contribution is -2.52. The summed E-state index contributed by atoms with van der Waals surface area (Å²) in [6.07, 6.45) is 0.119. The van der Waals surface area contributed by atoms with Crippen LogP contribution in [0.3, 0.4) is 0 Å². The molecule has 0 atom stereocenters. The van der Waals surface area contributed by atoms with Crippen molar-refractivity contribution in [2.75, 3.05) is 19.7 Å². The van der Waals surface area contributed by atoms with Gasteiger partial charge in [0.25, 0.3) is 5.91 Å². The average molecular weight is 342 g/mol. The number of likely N-dealkylation sites (tertiary alicyclic amines) is 1. The van der Waals surface area contributed by atoms with Crippen LogP contribution in [0.5, 0.6) is 5.75 Å². The summed E-state index contributed by atoms with van der Waals surface area (Å²) < 4.78 is 6.29. The fourth-order valence-corrected chi connectivity index (χ4v) is 2.71. The molecule has 0 unspecified atom stereocenters. The third-order valence-electron chi connectivity index (χ3n) is 3.21. The smallest absolute Gasteiger partial charge is 0.303 e. The van der Waals surface area contributed by atoms with E-state index in [4.69, 9.17) is 9.84 Å². The van der Waals surface area contributed by atoms with Gasteiger partial charge in [-0.2, -0.15) is 0 Å². The topological polar surface area (TPSA) is 66.8 Å². The Balaban J connectivity index is 1.78. The van der Waals surface area contributed by atoms with Gasteiger partial charge in [0.2, 0.25) is 0 Å². The molecule has 5 nitrogen and oxygen atoms in total. The second kappa shape index (κ2) is 6.26. The minimum absolute atomic E-state index is 0.0263. The molecule has 1 aliphatic heterocycles. The molecule has 6 heteroatoms. The molecule has 0 saturated carbocycles. The van der Waals surface area contributed by atoms with Crippen LogP contribution in [0.2, 0.25) is 0 Å². The third kappa shape index (κ3) is 3.72. The number of amides is 1. The van der Waals surface area contributed by atoms with Gasteiger partial charge in [0.05, 0.1) is 10.9 Å². The van der Waals surface area contributed by atoms with Gasteiger partial charge in [-0.15, -0.1) is 0 Å². The number of ether oxygens (including phenoxy) is 1. The molecule has 0 radical (unpaired) electrons. The molecule has 0 bridgehead atoms. The maximum atomic E-state index is 11.8. The number of rotatable bonds is 5. The number of nitrogens with zero attached hydrogens (tertiary/aromatic N) is 1. The Morgan fingerprint density at radius 1 is 1.45 bits per heavy atom. The van der Waals surface area contributed by atoms with E-state index in [1.54, 1.807) is 4.90 Å². The Morgan fingerprint density at radius 2 is 2.15 bits per heavy atom. The summed E-state index contributed by atoms with van der Waals surface area (Å²) in [5, 5.41) is 8.65. The number of hydrogen-bond acceptors (Lipinski definition) is 3. The van der Waals surface area contributed by atoms with E-state index in [0.717, 1.165) is 10.0 Å². The molecule has 1 fully saturated rings. The first kappa shape index (κ1) is 14.8. The first-order valence-electron chi connectivity index (χ1n) is 6.34. The molecule has 1 aliphatic rings. The van der Waals surface area contributed by atoms with Crippen LogP contribution in [-0.2, 0) is 9.59 Å². The van der Waals surface area contributed by atoms with E-state index in [1.165, 1.54) is 0 Å². The van der Waals surface area contributed by atoms with E-state index in [0.29, 0.717) is 18.8 Å². The van der Waals surface area contributed by atoms with Crippen LogP contribution >= 0.6 is 15.9 Å². The molecule has 1 aromatic rings. The number of benzene rings is 1.